The lowest BCUT2D eigenvalue weighted by Gasteiger charge is -2.09. The van der Waals surface area contributed by atoms with Gasteiger partial charge >= 0.3 is 0 Å². The molecule has 5 nitrogen and oxygen atoms in total. The van der Waals surface area contributed by atoms with Gasteiger partial charge in [0.05, 0.1) is 7.11 Å². The van der Waals surface area contributed by atoms with Crippen molar-refractivity contribution in [3.05, 3.63) is 58.6 Å². The number of rotatable bonds is 12. The van der Waals surface area contributed by atoms with Gasteiger partial charge < -0.3 is 15.4 Å². The zero-order chi connectivity index (χ0) is 18.6. The topological polar surface area (TPSA) is 54.6 Å². The molecule has 0 atom stereocenters. The predicted molar refractivity (Wildman–Crippen MR) is 112 cm³/mol. The third kappa shape index (κ3) is 7.85. The van der Waals surface area contributed by atoms with Gasteiger partial charge in [-0.1, -0.05) is 29.8 Å². The van der Waals surface area contributed by atoms with Gasteiger partial charge in [0.25, 0.3) is 0 Å². The van der Waals surface area contributed by atoms with E-state index < -0.39 is 0 Å². The lowest BCUT2D eigenvalue weighted by atomic mass is 10.1. The Kier molecular flexibility index (Phi) is 9.66. The number of benzene rings is 2. The average molecular weight is 396 g/mol. The normalized spacial score (nSPS) is 10.7. The molecule has 0 radical (unpaired) electrons. The van der Waals surface area contributed by atoms with Crippen molar-refractivity contribution in [3.63, 3.8) is 0 Å². The first-order chi connectivity index (χ1) is 12.7. The summed E-state index contributed by atoms with van der Waals surface area (Å²) in [5.41, 5.74) is 4.46. The van der Waals surface area contributed by atoms with E-state index in [1.807, 2.05) is 31.2 Å². The van der Waals surface area contributed by atoms with E-state index in [9.17, 15) is 0 Å². The van der Waals surface area contributed by atoms with Gasteiger partial charge in [0.2, 0.25) is 0 Å². The van der Waals surface area contributed by atoms with Crippen LogP contribution in [0.1, 0.15) is 17.5 Å². The van der Waals surface area contributed by atoms with Gasteiger partial charge in [-0.05, 0) is 61.7 Å². The lowest BCUT2D eigenvalue weighted by molar-refractivity contribution is -0.159. The molecule has 2 rings (SSSR count). The molecule has 0 saturated carbocycles. The summed E-state index contributed by atoms with van der Waals surface area (Å²) in [5.74, 6) is 0. The molecule has 0 amide bonds. The molecule has 0 aliphatic heterocycles. The third-order valence-electron chi connectivity index (χ3n) is 3.84. The van der Waals surface area contributed by atoms with Gasteiger partial charge in [-0.25, -0.2) is 4.89 Å². The molecular formula is C19H26ClN3O2S. The lowest BCUT2D eigenvalue weighted by Crippen LogP contribution is -2.23. The van der Waals surface area contributed by atoms with Crippen molar-refractivity contribution in [1.82, 2.24) is 5.32 Å². The minimum Gasteiger partial charge on any atom is -0.384 e. The molecule has 0 aromatic heterocycles. The number of halogens is 1. The molecule has 0 bridgehead atoms. The minimum atomic E-state index is 0.800. The molecule has 142 valence electrons. The molecule has 0 unspecified atom stereocenters. The fraction of sp³-hybridized carbons (Fsp3) is 0.368. The van der Waals surface area contributed by atoms with Crippen LogP contribution >= 0.6 is 23.8 Å². The summed E-state index contributed by atoms with van der Waals surface area (Å²) in [4.78, 5) is 4.50. The Morgan fingerprint density at radius 1 is 1.00 bits per heavy atom. The van der Waals surface area contributed by atoms with E-state index in [2.05, 4.69) is 38.4 Å². The first-order valence-electron chi connectivity index (χ1n) is 8.61. The highest BCUT2D eigenvalue weighted by atomic mass is 35.5. The molecule has 2 aromatic rings. The van der Waals surface area contributed by atoms with Crippen LogP contribution in [0.2, 0.25) is 5.02 Å². The van der Waals surface area contributed by atoms with Crippen molar-refractivity contribution in [2.75, 3.05) is 36.8 Å². The number of aryl methyl sites for hydroxylation is 2. The summed E-state index contributed by atoms with van der Waals surface area (Å²) in [7, 11) is 1.47. The Morgan fingerprint density at radius 2 is 1.77 bits per heavy atom. The maximum Gasteiger partial charge on any atom is 0.148 e. The van der Waals surface area contributed by atoms with Crippen molar-refractivity contribution in [1.29, 1.82) is 0 Å². The SMILES string of the molecule is COOSNc1ccc(CCCNCCNc2ccc(C)c(Cl)c2)cc1. The van der Waals surface area contributed by atoms with Crippen LogP contribution in [-0.4, -0.2) is 26.7 Å². The monoisotopic (exact) mass is 395 g/mol. The standard InChI is InChI=1S/C19H26ClN3O2S/c1-15-5-8-18(14-19(15)20)22-13-12-21-11-3-4-16-6-9-17(10-7-16)23-26-25-24-2/h5-10,14,21-23H,3-4,11-13H2,1-2H3. The fourth-order valence-electron chi connectivity index (χ4n) is 2.38. The molecule has 0 aliphatic carbocycles. The molecule has 0 saturated heterocycles. The quantitative estimate of drug-likeness (QED) is 0.157. The Balaban J connectivity index is 1.54. The number of nitrogens with one attached hydrogen (secondary N) is 3. The second-order valence-electron chi connectivity index (χ2n) is 5.86. The van der Waals surface area contributed by atoms with Gasteiger partial charge in [0.1, 0.15) is 12.2 Å². The Morgan fingerprint density at radius 3 is 2.50 bits per heavy atom. The zero-order valence-electron chi connectivity index (χ0n) is 15.2. The van der Waals surface area contributed by atoms with Crippen molar-refractivity contribution >= 4 is 35.2 Å². The van der Waals surface area contributed by atoms with Gasteiger partial charge in [0, 0.05) is 29.5 Å². The number of hydrogen-bond donors (Lipinski definition) is 3. The smallest absolute Gasteiger partial charge is 0.148 e. The van der Waals surface area contributed by atoms with Gasteiger partial charge in [-0.3, -0.25) is 0 Å². The van der Waals surface area contributed by atoms with Crippen LogP contribution < -0.4 is 15.4 Å². The van der Waals surface area contributed by atoms with Gasteiger partial charge in [-0.15, -0.1) is 4.33 Å². The second-order valence-corrected chi connectivity index (χ2v) is 6.78. The highest BCUT2D eigenvalue weighted by molar-refractivity contribution is 7.95. The van der Waals surface area contributed by atoms with Crippen molar-refractivity contribution in [3.8, 4) is 0 Å². The average Bonchev–Trinajstić information content (AvgIpc) is 2.65. The first-order valence-corrected chi connectivity index (χ1v) is 9.73. The molecule has 2 aromatic carbocycles. The zero-order valence-corrected chi connectivity index (χ0v) is 16.8. The highest BCUT2D eigenvalue weighted by Crippen LogP contribution is 2.19. The maximum atomic E-state index is 6.12. The molecule has 26 heavy (non-hydrogen) atoms. The van der Waals surface area contributed by atoms with Crippen LogP contribution in [0.5, 0.6) is 0 Å². The van der Waals surface area contributed by atoms with Crippen molar-refractivity contribution in [2.45, 2.75) is 19.8 Å². The van der Waals surface area contributed by atoms with Crippen molar-refractivity contribution in [2.24, 2.45) is 0 Å². The molecular weight excluding hydrogens is 370 g/mol. The summed E-state index contributed by atoms with van der Waals surface area (Å²) in [6.45, 7) is 4.80. The Hall–Kier alpha value is -1.44. The Labute approximate surface area is 165 Å². The van der Waals surface area contributed by atoms with E-state index >= 15 is 0 Å². The summed E-state index contributed by atoms with van der Waals surface area (Å²) < 4.78 is 7.73. The predicted octanol–water partition coefficient (Wildman–Crippen LogP) is 4.84. The molecule has 3 N–H and O–H groups in total. The molecule has 0 aliphatic rings. The van der Waals surface area contributed by atoms with Gasteiger partial charge in [-0.2, -0.15) is 0 Å². The summed E-state index contributed by atoms with van der Waals surface area (Å²) in [6.07, 6.45) is 2.15. The molecule has 0 spiro atoms. The van der Waals surface area contributed by atoms with E-state index in [4.69, 9.17) is 15.9 Å². The third-order valence-corrected chi connectivity index (χ3v) is 4.77. The van der Waals surface area contributed by atoms with E-state index in [-0.39, 0.29) is 0 Å². The minimum absolute atomic E-state index is 0.800. The summed E-state index contributed by atoms with van der Waals surface area (Å²) in [6, 6.07) is 14.4. The largest absolute Gasteiger partial charge is 0.384 e. The molecule has 7 heteroatoms. The van der Waals surface area contributed by atoms with Crippen LogP contribution in [0.4, 0.5) is 11.4 Å². The van der Waals surface area contributed by atoms with Crippen LogP contribution in [0.15, 0.2) is 42.5 Å². The summed E-state index contributed by atoms with van der Waals surface area (Å²) in [5, 5.41) is 7.63. The van der Waals surface area contributed by atoms with Crippen LogP contribution in [0, 0.1) is 6.92 Å². The highest BCUT2D eigenvalue weighted by Gasteiger charge is 1.98. The van der Waals surface area contributed by atoms with Crippen molar-refractivity contribution < 1.29 is 9.22 Å². The van der Waals surface area contributed by atoms with Crippen LogP contribution in [-0.2, 0) is 15.6 Å². The second kappa shape index (κ2) is 12.0. The fourth-order valence-corrected chi connectivity index (χ4v) is 2.89. The summed E-state index contributed by atoms with van der Waals surface area (Å²) >= 11 is 7.17. The van der Waals surface area contributed by atoms with Crippen LogP contribution in [0.3, 0.4) is 0 Å². The van der Waals surface area contributed by atoms with Crippen LogP contribution in [0.25, 0.3) is 0 Å². The molecule has 0 fully saturated rings. The van der Waals surface area contributed by atoms with E-state index in [0.29, 0.717) is 0 Å². The number of anilines is 2. The van der Waals surface area contributed by atoms with Gasteiger partial charge in [0.15, 0.2) is 0 Å². The van der Waals surface area contributed by atoms with E-state index in [1.165, 1.54) is 12.7 Å². The van der Waals surface area contributed by atoms with E-state index in [1.54, 1.807) is 0 Å². The first kappa shape index (κ1) is 20.9. The number of hydrogen-bond acceptors (Lipinski definition) is 6. The maximum absolute atomic E-state index is 6.12. The Bertz CT molecular complexity index is 656. The molecule has 0 heterocycles. The van der Waals surface area contributed by atoms with E-state index in [0.717, 1.165) is 66.7 Å².